The first kappa shape index (κ1) is 15.3. The van der Waals surface area contributed by atoms with Gasteiger partial charge in [0.15, 0.2) is 0 Å². The molecule has 1 aromatic rings. The predicted octanol–water partition coefficient (Wildman–Crippen LogP) is 2.79. The summed E-state index contributed by atoms with van der Waals surface area (Å²) in [6.45, 7) is 0. The third-order valence-electron chi connectivity index (χ3n) is 3.59. The summed E-state index contributed by atoms with van der Waals surface area (Å²) >= 11 is 0. The van der Waals surface area contributed by atoms with Crippen LogP contribution in [0.25, 0.3) is 0 Å². The molecule has 1 fully saturated rings. The van der Waals surface area contributed by atoms with E-state index in [-0.39, 0.29) is 17.7 Å². The van der Waals surface area contributed by atoms with E-state index in [1.165, 1.54) is 6.07 Å². The van der Waals surface area contributed by atoms with Crippen molar-refractivity contribution in [3.05, 3.63) is 29.3 Å². The third-order valence-corrected chi connectivity index (χ3v) is 3.59. The minimum Gasteiger partial charge on any atom is -0.325 e. The number of halogens is 3. The van der Waals surface area contributed by atoms with Crippen LogP contribution in [0.4, 0.5) is 18.9 Å². The first-order chi connectivity index (χ1) is 9.73. The van der Waals surface area contributed by atoms with E-state index in [4.69, 9.17) is 11.0 Å². The van der Waals surface area contributed by atoms with Crippen molar-refractivity contribution in [3.8, 4) is 6.07 Å². The van der Waals surface area contributed by atoms with E-state index in [1.54, 1.807) is 6.07 Å². The summed E-state index contributed by atoms with van der Waals surface area (Å²) in [5.74, 6) is -0.549. The van der Waals surface area contributed by atoms with Crippen LogP contribution in [-0.4, -0.2) is 11.4 Å². The molecule has 1 amide bonds. The molecular formula is C14H14F3N3O. The lowest BCUT2D eigenvalue weighted by molar-refractivity contribution is -0.137. The van der Waals surface area contributed by atoms with Gasteiger partial charge < -0.3 is 11.1 Å². The maximum atomic E-state index is 12.9. The number of nitrogens with two attached hydrogens (primary N) is 1. The van der Waals surface area contributed by atoms with Crippen LogP contribution in [0.5, 0.6) is 0 Å². The van der Waals surface area contributed by atoms with Gasteiger partial charge in [0.1, 0.15) is 0 Å². The third kappa shape index (κ3) is 3.52. The maximum absolute atomic E-state index is 12.9. The van der Waals surface area contributed by atoms with Gasteiger partial charge in [-0.3, -0.25) is 4.79 Å². The fraction of sp³-hybridized carbons (Fsp3) is 0.429. The molecule has 1 aromatic carbocycles. The average molecular weight is 297 g/mol. The standard InChI is InChI=1S/C14H14F3N3O/c15-14(16,17)10-6-9(8-18)2-3-11(10)20-12(21)7-13(19)4-1-5-13/h2-3,6H,1,4-5,7,19H2,(H,20,21). The van der Waals surface area contributed by atoms with E-state index in [9.17, 15) is 18.0 Å². The first-order valence-corrected chi connectivity index (χ1v) is 6.44. The van der Waals surface area contributed by atoms with Crippen LogP contribution < -0.4 is 11.1 Å². The predicted molar refractivity (Wildman–Crippen MR) is 70.2 cm³/mol. The van der Waals surface area contributed by atoms with Gasteiger partial charge in [0.05, 0.1) is 22.9 Å². The number of nitriles is 1. The largest absolute Gasteiger partial charge is 0.418 e. The zero-order valence-corrected chi connectivity index (χ0v) is 11.1. The summed E-state index contributed by atoms with van der Waals surface area (Å²) in [7, 11) is 0. The lowest BCUT2D eigenvalue weighted by Gasteiger charge is -2.37. The summed E-state index contributed by atoms with van der Waals surface area (Å²) in [5, 5.41) is 10.9. The normalized spacial score (nSPS) is 16.7. The van der Waals surface area contributed by atoms with E-state index >= 15 is 0 Å². The molecular weight excluding hydrogens is 283 g/mol. The molecule has 0 bridgehead atoms. The molecule has 2 rings (SSSR count). The van der Waals surface area contributed by atoms with E-state index in [1.807, 2.05) is 0 Å². The number of hydrogen-bond acceptors (Lipinski definition) is 3. The monoisotopic (exact) mass is 297 g/mol. The molecule has 1 saturated carbocycles. The Morgan fingerprint density at radius 2 is 2.10 bits per heavy atom. The summed E-state index contributed by atoms with van der Waals surface area (Å²) in [6, 6.07) is 4.68. The molecule has 0 aromatic heterocycles. The van der Waals surface area contributed by atoms with Crippen molar-refractivity contribution in [1.29, 1.82) is 5.26 Å². The van der Waals surface area contributed by atoms with Crippen molar-refractivity contribution < 1.29 is 18.0 Å². The number of carbonyl (C=O) groups excluding carboxylic acids is 1. The van der Waals surface area contributed by atoms with Gasteiger partial charge in [-0.2, -0.15) is 18.4 Å². The molecule has 0 spiro atoms. The van der Waals surface area contributed by atoms with Gasteiger partial charge in [-0.15, -0.1) is 0 Å². The molecule has 1 aliphatic carbocycles. The number of alkyl halides is 3. The Kier molecular flexibility index (Phi) is 3.92. The minimum absolute atomic E-state index is 0.00962. The zero-order valence-electron chi connectivity index (χ0n) is 11.1. The highest BCUT2D eigenvalue weighted by molar-refractivity contribution is 5.92. The van der Waals surface area contributed by atoms with Crippen molar-refractivity contribution in [3.63, 3.8) is 0 Å². The van der Waals surface area contributed by atoms with Gasteiger partial charge >= 0.3 is 6.18 Å². The van der Waals surface area contributed by atoms with Gasteiger partial charge in [-0.1, -0.05) is 0 Å². The Hall–Kier alpha value is -2.07. The molecule has 0 atom stereocenters. The summed E-state index contributed by atoms with van der Waals surface area (Å²) in [6.07, 6.45) is -2.34. The number of nitrogens with zero attached hydrogens (tertiary/aromatic N) is 1. The molecule has 7 heteroatoms. The van der Waals surface area contributed by atoms with Crippen molar-refractivity contribution in [1.82, 2.24) is 0 Å². The van der Waals surface area contributed by atoms with Crippen LogP contribution in [0, 0.1) is 11.3 Å². The Morgan fingerprint density at radius 1 is 1.43 bits per heavy atom. The minimum atomic E-state index is -4.65. The number of anilines is 1. The molecule has 0 unspecified atom stereocenters. The Labute approximate surface area is 119 Å². The summed E-state index contributed by atoms with van der Waals surface area (Å²) in [4.78, 5) is 11.8. The van der Waals surface area contributed by atoms with Crippen LogP contribution in [0.3, 0.4) is 0 Å². The second kappa shape index (κ2) is 5.37. The van der Waals surface area contributed by atoms with Gasteiger partial charge in [-0.25, -0.2) is 0 Å². The quantitative estimate of drug-likeness (QED) is 0.900. The van der Waals surface area contributed by atoms with Gasteiger partial charge in [-0.05, 0) is 37.5 Å². The number of amides is 1. The summed E-state index contributed by atoms with van der Waals surface area (Å²) in [5.41, 5.74) is 3.80. The van der Waals surface area contributed by atoms with Crippen LogP contribution >= 0.6 is 0 Å². The molecule has 112 valence electrons. The number of rotatable bonds is 3. The van der Waals surface area contributed by atoms with E-state index in [0.717, 1.165) is 18.6 Å². The fourth-order valence-corrected chi connectivity index (χ4v) is 2.28. The zero-order chi connectivity index (χ0) is 15.7. The van der Waals surface area contributed by atoms with Gasteiger partial charge in [0, 0.05) is 12.0 Å². The van der Waals surface area contributed by atoms with Crippen LogP contribution in [0.15, 0.2) is 18.2 Å². The SMILES string of the molecule is N#Cc1ccc(NC(=O)CC2(N)CCC2)c(C(F)(F)F)c1. The topological polar surface area (TPSA) is 78.9 Å². The Bertz CT molecular complexity index is 600. The number of benzene rings is 1. The maximum Gasteiger partial charge on any atom is 0.418 e. The van der Waals surface area contributed by atoms with Gasteiger partial charge in [0.25, 0.3) is 0 Å². The number of carbonyl (C=O) groups is 1. The second-order valence-electron chi connectivity index (χ2n) is 5.31. The fourth-order valence-electron chi connectivity index (χ4n) is 2.28. The number of nitrogens with one attached hydrogen (secondary N) is 1. The van der Waals surface area contributed by atoms with Gasteiger partial charge in [0.2, 0.25) is 5.91 Å². The summed E-state index contributed by atoms with van der Waals surface area (Å²) < 4.78 is 38.8. The molecule has 1 aliphatic rings. The van der Waals surface area contributed by atoms with Crippen molar-refractivity contribution >= 4 is 11.6 Å². The van der Waals surface area contributed by atoms with E-state index < -0.39 is 23.2 Å². The molecule has 0 saturated heterocycles. The smallest absolute Gasteiger partial charge is 0.325 e. The second-order valence-corrected chi connectivity index (χ2v) is 5.31. The highest BCUT2D eigenvalue weighted by Gasteiger charge is 2.37. The average Bonchev–Trinajstić information content (AvgIpc) is 2.36. The molecule has 0 heterocycles. The molecule has 21 heavy (non-hydrogen) atoms. The Balaban J connectivity index is 2.19. The van der Waals surface area contributed by atoms with Crippen molar-refractivity contribution in [2.24, 2.45) is 5.73 Å². The van der Waals surface area contributed by atoms with Crippen LogP contribution in [0.1, 0.15) is 36.8 Å². The first-order valence-electron chi connectivity index (χ1n) is 6.44. The highest BCUT2D eigenvalue weighted by Crippen LogP contribution is 2.36. The lowest BCUT2D eigenvalue weighted by Crippen LogP contribution is -2.49. The molecule has 4 nitrogen and oxygen atoms in total. The van der Waals surface area contributed by atoms with E-state index in [2.05, 4.69) is 5.32 Å². The lowest BCUT2D eigenvalue weighted by atomic mass is 9.75. The molecule has 3 N–H and O–H groups in total. The number of hydrogen-bond donors (Lipinski definition) is 2. The van der Waals surface area contributed by atoms with E-state index in [0.29, 0.717) is 12.8 Å². The van der Waals surface area contributed by atoms with Crippen LogP contribution in [-0.2, 0) is 11.0 Å². The van der Waals surface area contributed by atoms with Crippen molar-refractivity contribution in [2.75, 3.05) is 5.32 Å². The molecule has 0 radical (unpaired) electrons. The van der Waals surface area contributed by atoms with Crippen molar-refractivity contribution in [2.45, 2.75) is 37.4 Å². The Morgan fingerprint density at radius 3 is 2.57 bits per heavy atom. The highest BCUT2D eigenvalue weighted by atomic mass is 19.4. The molecule has 0 aliphatic heterocycles. The van der Waals surface area contributed by atoms with Crippen LogP contribution in [0.2, 0.25) is 0 Å².